The zero-order chi connectivity index (χ0) is 26.2. The largest absolute Gasteiger partial charge is 0.491 e. The molecule has 0 saturated carbocycles. The van der Waals surface area contributed by atoms with E-state index in [-0.39, 0.29) is 18.0 Å². The van der Waals surface area contributed by atoms with Crippen molar-refractivity contribution >= 4 is 5.97 Å². The first-order valence-electron chi connectivity index (χ1n) is 14.1. The predicted molar refractivity (Wildman–Crippen MR) is 150 cm³/mol. The van der Waals surface area contributed by atoms with Crippen molar-refractivity contribution < 1.29 is 18.8 Å². The molecule has 0 aliphatic heterocycles. The van der Waals surface area contributed by atoms with Gasteiger partial charge in [-0.2, -0.15) is 0 Å². The van der Waals surface area contributed by atoms with Crippen molar-refractivity contribution in [3.05, 3.63) is 65.7 Å². The first kappa shape index (κ1) is 29.9. The lowest BCUT2D eigenvalue weighted by Gasteiger charge is -2.32. The van der Waals surface area contributed by atoms with Crippen molar-refractivity contribution in [3.63, 3.8) is 0 Å². The molecule has 200 valence electrons. The Bertz CT molecular complexity index is 865. The van der Waals surface area contributed by atoms with Gasteiger partial charge in [-0.3, -0.25) is 4.79 Å². The Labute approximate surface area is 220 Å². The molecule has 2 rings (SSSR count). The maximum atomic E-state index is 12.6. The Morgan fingerprint density at radius 1 is 0.861 bits per heavy atom. The molecule has 2 aromatic rings. The number of hydrogen-bond donors (Lipinski definition) is 0. The molecule has 0 heterocycles. The maximum absolute atomic E-state index is 12.6. The summed E-state index contributed by atoms with van der Waals surface area (Å²) in [5.41, 5.74) is 2.62. The zero-order valence-corrected chi connectivity index (χ0v) is 23.5. The Kier molecular flexibility index (Phi) is 13.6. The van der Waals surface area contributed by atoms with Crippen molar-refractivity contribution in [2.75, 3.05) is 27.2 Å². The van der Waals surface area contributed by atoms with E-state index in [9.17, 15) is 4.79 Å². The predicted octanol–water partition coefficient (Wildman–Crippen LogP) is 7.59. The number of ether oxygens (including phenoxy) is 2. The number of nitrogens with zero attached hydrogens (tertiary/aromatic N) is 1. The highest BCUT2D eigenvalue weighted by atomic mass is 16.5. The standard InChI is InChI=1S/C32H50NO3/c1-6-7-8-9-10-11-13-17-29-20-16-21-31(24-29)36-28(3)22-23-35-32(34)27(2)25-33(4,5)26-30-18-14-12-15-19-30/h12,14-16,18-21,24,27-28H,6-11,13,17,22-23,25-26H2,1-5H3/q+1. The molecule has 0 saturated heterocycles. The zero-order valence-electron chi connectivity index (χ0n) is 23.5. The molecule has 0 radical (unpaired) electrons. The van der Waals surface area contributed by atoms with Gasteiger partial charge >= 0.3 is 5.97 Å². The average Bonchev–Trinajstić information content (AvgIpc) is 2.83. The van der Waals surface area contributed by atoms with E-state index in [0.717, 1.165) is 29.7 Å². The highest BCUT2D eigenvalue weighted by molar-refractivity contribution is 5.72. The van der Waals surface area contributed by atoms with Crippen molar-refractivity contribution in [2.45, 2.75) is 91.2 Å². The third-order valence-corrected chi connectivity index (χ3v) is 6.70. The lowest BCUT2D eigenvalue weighted by molar-refractivity contribution is -0.905. The minimum Gasteiger partial charge on any atom is -0.491 e. The second kappa shape index (κ2) is 16.4. The van der Waals surface area contributed by atoms with E-state index in [1.165, 1.54) is 56.1 Å². The van der Waals surface area contributed by atoms with Crippen LogP contribution in [0.3, 0.4) is 0 Å². The summed E-state index contributed by atoms with van der Waals surface area (Å²) in [5.74, 6) is 0.629. The van der Waals surface area contributed by atoms with Crippen LogP contribution in [0.5, 0.6) is 5.75 Å². The third-order valence-electron chi connectivity index (χ3n) is 6.70. The van der Waals surface area contributed by atoms with Gasteiger partial charge in [-0.1, -0.05) is 87.9 Å². The van der Waals surface area contributed by atoms with E-state index >= 15 is 0 Å². The van der Waals surface area contributed by atoms with Gasteiger partial charge in [0, 0.05) is 12.0 Å². The van der Waals surface area contributed by atoms with Crippen LogP contribution in [0.4, 0.5) is 0 Å². The van der Waals surface area contributed by atoms with E-state index in [2.05, 4.69) is 63.5 Å². The number of rotatable bonds is 18. The lowest BCUT2D eigenvalue weighted by Crippen LogP contribution is -2.44. The van der Waals surface area contributed by atoms with Gasteiger partial charge in [-0.25, -0.2) is 0 Å². The summed E-state index contributed by atoms with van der Waals surface area (Å²) < 4.78 is 12.5. The minimum absolute atomic E-state index is 0.00720. The summed E-state index contributed by atoms with van der Waals surface area (Å²) in [5, 5.41) is 0. The lowest BCUT2D eigenvalue weighted by atomic mass is 10.0. The molecule has 2 aromatic carbocycles. The fourth-order valence-corrected chi connectivity index (χ4v) is 4.78. The van der Waals surface area contributed by atoms with E-state index < -0.39 is 0 Å². The van der Waals surface area contributed by atoms with Gasteiger partial charge in [0.1, 0.15) is 18.2 Å². The molecule has 0 amide bonds. The molecule has 0 bridgehead atoms. The number of unbranched alkanes of at least 4 members (excludes halogenated alkanes) is 6. The van der Waals surface area contributed by atoms with Crippen LogP contribution in [0.2, 0.25) is 0 Å². The molecule has 0 fully saturated rings. The Morgan fingerprint density at radius 3 is 2.25 bits per heavy atom. The highest BCUT2D eigenvalue weighted by Crippen LogP contribution is 2.19. The van der Waals surface area contributed by atoms with Crippen LogP contribution in [0, 0.1) is 5.92 Å². The quantitative estimate of drug-likeness (QED) is 0.121. The van der Waals surface area contributed by atoms with Crippen LogP contribution in [0.25, 0.3) is 0 Å². The van der Waals surface area contributed by atoms with Crippen molar-refractivity contribution in [1.82, 2.24) is 0 Å². The number of quaternary nitrogens is 1. The van der Waals surface area contributed by atoms with Gasteiger partial charge in [0.25, 0.3) is 0 Å². The molecular formula is C32H50NO3+. The topological polar surface area (TPSA) is 35.5 Å². The monoisotopic (exact) mass is 496 g/mol. The smallest absolute Gasteiger partial charge is 0.314 e. The normalized spacial score (nSPS) is 13.2. The molecule has 0 N–H and O–H groups in total. The van der Waals surface area contributed by atoms with Gasteiger partial charge in [0.2, 0.25) is 0 Å². The Hall–Kier alpha value is -2.33. The van der Waals surface area contributed by atoms with E-state index in [4.69, 9.17) is 9.47 Å². The van der Waals surface area contributed by atoms with Crippen LogP contribution in [0.15, 0.2) is 54.6 Å². The second-order valence-electron chi connectivity index (χ2n) is 11.1. The highest BCUT2D eigenvalue weighted by Gasteiger charge is 2.25. The minimum atomic E-state index is -0.150. The number of carbonyl (C=O) groups is 1. The molecule has 36 heavy (non-hydrogen) atoms. The van der Waals surface area contributed by atoms with Crippen LogP contribution in [-0.2, 0) is 22.5 Å². The van der Waals surface area contributed by atoms with Gasteiger partial charge in [-0.15, -0.1) is 0 Å². The fourth-order valence-electron chi connectivity index (χ4n) is 4.78. The molecule has 0 aliphatic carbocycles. The number of benzene rings is 2. The number of carbonyl (C=O) groups excluding carboxylic acids is 1. The third kappa shape index (κ3) is 12.6. The Balaban J connectivity index is 1.66. The number of aryl methyl sites for hydroxylation is 1. The average molecular weight is 497 g/mol. The molecule has 2 atom stereocenters. The molecule has 4 nitrogen and oxygen atoms in total. The molecule has 2 unspecified atom stereocenters. The summed E-state index contributed by atoms with van der Waals surface area (Å²) in [6.45, 7) is 8.28. The van der Waals surface area contributed by atoms with Gasteiger partial charge in [0.15, 0.2) is 0 Å². The van der Waals surface area contributed by atoms with Crippen LogP contribution in [-0.4, -0.2) is 43.8 Å². The molecule has 0 spiro atoms. The first-order chi connectivity index (χ1) is 17.3. The van der Waals surface area contributed by atoms with Gasteiger partial charge in [-0.05, 0) is 44.4 Å². The summed E-state index contributed by atoms with van der Waals surface area (Å²) in [7, 11) is 4.32. The van der Waals surface area contributed by atoms with E-state index in [1.54, 1.807) is 0 Å². The van der Waals surface area contributed by atoms with Crippen molar-refractivity contribution in [3.8, 4) is 5.75 Å². The van der Waals surface area contributed by atoms with E-state index in [1.807, 2.05) is 26.0 Å². The molecule has 0 aliphatic rings. The summed E-state index contributed by atoms with van der Waals surface area (Å²) in [6, 6.07) is 18.9. The fraction of sp³-hybridized carbons (Fsp3) is 0.594. The van der Waals surface area contributed by atoms with Crippen LogP contribution in [0.1, 0.15) is 83.3 Å². The van der Waals surface area contributed by atoms with E-state index in [0.29, 0.717) is 13.0 Å². The van der Waals surface area contributed by atoms with Crippen LogP contribution >= 0.6 is 0 Å². The summed E-state index contributed by atoms with van der Waals surface area (Å²) in [6.07, 6.45) is 11.1. The molecule has 4 heteroatoms. The maximum Gasteiger partial charge on any atom is 0.314 e. The van der Waals surface area contributed by atoms with Gasteiger partial charge in [0.05, 0.1) is 33.4 Å². The molecule has 0 aromatic heterocycles. The van der Waals surface area contributed by atoms with Crippen molar-refractivity contribution in [1.29, 1.82) is 0 Å². The SMILES string of the molecule is CCCCCCCCCc1cccc(OC(C)CCOC(=O)C(C)C[N+](C)(C)Cc2ccccc2)c1. The molecular weight excluding hydrogens is 446 g/mol. The number of esters is 1. The van der Waals surface area contributed by atoms with Gasteiger partial charge < -0.3 is 14.0 Å². The second-order valence-corrected chi connectivity index (χ2v) is 11.1. The van der Waals surface area contributed by atoms with Crippen LogP contribution < -0.4 is 4.74 Å². The van der Waals surface area contributed by atoms with Crippen molar-refractivity contribution in [2.24, 2.45) is 5.92 Å². The Morgan fingerprint density at radius 2 is 1.53 bits per heavy atom. The number of hydrogen-bond acceptors (Lipinski definition) is 3. The summed E-state index contributed by atoms with van der Waals surface area (Å²) >= 11 is 0. The summed E-state index contributed by atoms with van der Waals surface area (Å²) in [4.78, 5) is 12.6. The first-order valence-corrected chi connectivity index (χ1v) is 14.1.